The number of aromatic nitrogens is 1. The maximum Gasteiger partial charge on any atom is 0.244 e. The van der Waals surface area contributed by atoms with E-state index in [1.807, 2.05) is 0 Å². The van der Waals surface area contributed by atoms with Gasteiger partial charge in [-0.3, -0.25) is 4.79 Å². The fraction of sp³-hybridized carbons (Fsp3) is 0.412. The van der Waals surface area contributed by atoms with E-state index in [-0.39, 0.29) is 0 Å². The van der Waals surface area contributed by atoms with Crippen LogP contribution >= 0.6 is 11.3 Å². The van der Waals surface area contributed by atoms with Crippen molar-refractivity contribution < 1.29 is 22.0 Å². The SMILES string of the molecule is CS(=O)(=O)N1CCCCC1C(=O)Nc1ncc(Cc2ccc(F)c(F)c2)s1. The van der Waals surface area contributed by atoms with Crippen LogP contribution in [0, 0.1) is 11.6 Å². The van der Waals surface area contributed by atoms with Gasteiger partial charge in [0, 0.05) is 24.0 Å². The van der Waals surface area contributed by atoms with Gasteiger partial charge in [0.2, 0.25) is 15.9 Å². The average molecular weight is 415 g/mol. The maximum atomic E-state index is 13.3. The van der Waals surface area contributed by atoms with Crippen molar-refractivity contribution in [3.05, 3.63) is 46.5 Å². The Bertz CT molecular complexity index is 947. The highest BCUT2D eigenvalue weighted by Crippen LogP contribution is 2.25. The van der Waals surface area contributed by atoms with Crippen molar-refractivity contribution in [2.45, 2.75) is 31.7 Å². The first-order valence-electron chi connectivity index (χ1n) is 8.40. The number of sulfonamides is 1. The molecule has 1 N–H and O–H groups in total. The summed E-state index contributed by atoms with van der Waals surface area (Å²) in [6.45, 7) is 0.330. The van der Waals surface area contributed by atoms with Gasteiger partial charge in [-0.15, -0.1) is 11.3 Å². The molecule has 1 aliphatic rings. The third-order valence-electron chi connectivity index (χ3n) is 4.33. The van der Waals surface area contributed by atoms with E-state index in [9.17, 15) is 22.0 Å². The van der Waals surface area contributed by atoms with Crippen LogP contribution in [0.5, 0.6) is 0 Å². The van der Waals surface area contributed by atoms with E-state index in [4.69, 9.17) is 0 Å². The Hall–Kier alpha value is -1.91. The third kappa shape index (κ3) is 4.88. The highest BCUT2D eigenvalue weighted by atomic mass is 32.2. The van der Waals surface area contributed by atoms with Crippen LogP contribution in [0.2, 0.25) is 0 Å². The minimum absolute atomic E-state index is 0.330. The maximum absolute atomic E-state index is 13.3. The number of hydrogen-bond donors (Lipinski definition) is 1. The predicted molar refractivity (Wildman–Crippen MR) is 99.1 cm³/mol. The molecule has 0 saturated carbocycles. The van der Waals surface area contributed by atoms with Gasteiger partial charge in [0.25, 0.3) is 0 Å². The van der Waals surface area contributed by atoms with Crippen LogP contribution < -0.4 is 5.32 Å². The van der Waals surface area contributed by atoms with E-state index < -0.39 is 33.6 Å². The Morgan fingerprint density at radius 1 is 1.33 bits per heavy atom. The third-order valence-corrected chi connectivity index (χ3v) is 6.53. The minimum Gasteiger partial charge on any atom is -0.301 e. The van der Waals surface area contributed by atoms with Crippen LogP contribution in [0.1, 0.15) is 29.7 Å². The van der Waals surface area contributed by atoms with Crippen LogP contribution in [0.4, 0.5) is 13.9 Å². The average Bonchev–Trinajstić information content (AvgIpc) is 3.04. The molecule has 0 aliphatic carbocycles. The Kier molecular flexibility index (Phi) is 5.87. The Balaban J connectivity index is 1.67. The number of halogens is 2. The second-order valence-electron chi connectivity index (χ2n) is 6.43. The van der Waals surface area contributed by atoms with Gasteiger partial charge in [-0.25, -0.2) is 22.2 Å². The molecule has 146 valence electrons. The Morgan fingerprint density at radius 2 is 2.11 bits per heavy atom. The quantitative estimate of drug-likeness (QED) is 0.815. The van der Waals surface area contributed by atoms with Gasteiger partial charge in [-0.1, -0.05) is 12.5 Å². The number of nitrogens with one attached hydrogen (secondary N) is 1. The molecule has 0 bridgehead atoms. The van der Waals surface area contributed by atoms with E-state index in [1.54, 1.807) is 6.20 Å². The smallest absolute Gasteiger partial charge is 0.244 e. The molecular weight excluding hydrogens is 396 g/mol. The molecule has 1 fully saturated rings. The summed E-state index contributed by atoms with van der Waals surface area (Å²) >= 11 is 1.21. The van der Waals surface area contributed by atoms with Crippen molar-refractivity contribution in [1.29, 1.82) is 0 Å². The van der Waals surface area contributed by atoms with Gasteiger partial charge in [-0.05, 0) is 30.5 Å². The lowest BCUT2D eigenvalue weighted by molar-refractivity contribution is -0.120. The molecule has 0 spiro atoms. The zero-order valence-electron chi connectivity index (χ0n) is 14.6. The van der Waals surface area contributed by atoms with Gasteiger partial charge in [0.15, 0.2) is 16.8 Å². The lowest BCUT2D eigenvalue weighted by Gasteiger charge is -2.32. The van der Waals surface area contributed by atoms with Crippen LogP contribution in [-0.2, 0) is 21.2 Å². The van der Waals surface area contributed by atoms with E-state index in [1.165, 1.54) is 21.7 Å². The highest BCUT2D eigenvalue weighted by molar-refractivity contribution is 7.88. The van der Waals surface area contributed by atoms with Gasteiger partial charge in [-0.2, -0.15) is 4.31 Å². The molecule has 10 heteroatoms. The first-order chi connectivity index (χ1) is 12.7. The van der Waals surface area contributed by atoms with Gasteiger partial charge in [0.1, 0.15) is 6.04 Å². The molecule has 1 unspecified atom stereocenters. The van der Waals surface area contributed by atoms with Crippen molar-refractivity contribution in [2.75, 3.05) is 18.1 Å². The molecule has 1 aliphatic heterocycles. The van der Waals surface area contributed by atoms with Crippen LogP contribution in [-0.4, -0.2) is 42.5 Å². The predicted octanol–water partition coefficient (Wildman–Crippen LogP) is 2.76. The van der Waals surface area contributed by atoms with Gasteiger partial charge < -0.3 is 5.32 Å². The monoisotopic (exact) mass is 415 g/mol. The molecule has 2 heterocycles. The Morgan fingerprint density at radius 3 is 2.81 bits per heavy atom. The fourth-order valence-corrected chi connectivity index (χ4v) is 5.02. The number of amides is 1. The van der Waals surface area contributed by atoms with E-state index in [0.717, 1.165) is 36.1 Å². The lowest BCUT2D eigenvalue weighted by Crippen LogP contribution is -2.49. The summed E-state index contributed by atoms with van der Waals surface area (Å²) in [4.78, 5) is 17.4. The summed E-state index contributed by atoms with van der Waals surface area (Å²) in [6, 6.07) is 2.94. The van der Waals surface area contributed by atoms with Crippen molar-refractivity contribution in [3.63, 3.8) is 0 Å². The number of carbonyl (C=O) groups excluding carboxylic acids is 1. The van der Waals surface area contributed by atoms with Crippen molar-refractivity contribution in [1.82, 2.24) is 9.29 Å². The molecule has 1 atom stereocenters. The summed E-state index contributed by atoms with van der Waals surface area (Å²) < 4.78 is 51.3. The van der Waals surface area contributed by atoms with Crippen molar-refractivity contribution in [2.24, 2.45) is 0 Å². The molecule has 1 aromatic heterocycles. The number of thiazole rings is 1. The molecule has 6 nitrogen and oxygen atoms in total. The van der Waals surface area contributed by atoms with E-state index in [0.29, 0.717) is 30.1 Å². The standard InChI is InChI=1S/C17H19F2N3O3S2/c1-27(24,25)22-7-3-2-4-15(22)16(23)21-17-20-10-12(26-17)8-11-5-6-13(18)14(19)9-11/h5-6,9-10,15H,2-4,7-8H2,1H3,(H,20,21,23). The van der Waals surface area contributed by atoms with Crippen LogP contribution in [0.15, 0.2) is 24.4 Å². The molecule has 1 amide bonds. The molecule has 3 rings (SSSR count). The molecule has 27 heavy (non-hydrogen) atoms. The second-order valence-corrected chi connectivity index (χ2v) is 9.48. The summed E-state index contributed by atoms with van der Waals surface area (Å²) in [5.41, 5.74) is 0.589. The normalized spacial score (nSPS) is 18.4. The number of piperidine rings is 1. The molecule has 0 radical (unpaired) electrons. The zero-order chi connectivity index (χ0) is 19.6. The molecule has 2 aromatic rings. The zero-order valence-corrected chi connectivity index (χ0v) is 16.2. The lowest BCUT2D eigenvalue weighted by atomic mass is 10.0. The summed E-state index contributed by atoms with van der Waals surface area (Å²) in [7, 11) is -3.47. The number of rotatable bonds is 5. The second kappa shape index (κ2) is 7.99. The van der Waals surface area contributed by atoms with Gasteiger partial charge in [0.05, 0.1) is 6.26 Å². The van der Waals surface area contributed by atoms with E-state index >= 15 is 0 Å². The number of hydrogen-bond acceptors (Lipinski definition) is 5. The minimum atomic E-state index is -3.47. The summed E-state index contributed by atoms with van der Waals surface area (Å²) in [5, 5.41) is 3.01. The number of carbonyl (C=O) groups is 1. The summed E-state index contributed by atoms with van der Waals surface area (Å²) in [6.07, 6.45) is 4.98. The highest BCUT2D eigenvalue weighted by Gasteiger charge is 2.34. The van der Waals surface area contributed by atoms with Crippen molar-refractivity contribution in [3.8, 4) is 0 Å². The van der Waals surface area contributed by atoms with Crippen molar-refractivity contribution >= 4 is 32.4 Å². The number of anilines is 1. The topological polar surface area (TPSA) is 79.4 Å². The first kappa shape index (κ1) is 19.8. The van der Waals surface area contributed by atoms with E-state index in [2.05, 4.69) is 10.3 Å². The molecule has 1 aromatic carbocycles. The molecule has 1 saturated heterocycles. The van der Waals surface area contributed by atoms with Gasteiger partial charge >= 0.3 is 0 Å². The fourth-order valence-electron chi connectivity index (χ4n) is 3.05. The number of benzene rings is 1. The van der Waals surface area contributed by atoms with Crippen LogP contribution in [0.25, 0.3) is 0 Å². The number of nitrogens with zero attached hydrogens (tertiary/aromatic N) is 2. The van der Waals surface area contributed by atoms with Crippen LogP contribution in [0.3, 0.4) is 0 Å². The Labute approximate surface area is 160 Å². The first-order valence-corrected chi connectivity index (χ1v) is 11.1. The largest absolute Gasteiger partial charge is 0.301 e. The molecular formula is C17H19F2N3O3S2. The summed E-state index contributed by atoms with van der Waals surface area (Å²) in [5.74, 6) is -2.23.